The molecule has 1 aliphatic rings. The van der Waals surface area contributed by atoms with Crippen LogP contribution in [0.3, 0.4) is 0 Å². The minimum Gasteiger partial charge on any atom is -0.391 e. The van der Waals surface area contributed by atoms with E-state index < -0.39 is 28.0 Å². The highest BCUT2D eigenvalue weighted by molar-refractivity contribution is 7.89. The Kier molecular flexibility index (Phi) is 3.46. The first kappa shape index (κ1) is 12.5. The van der Waals surface area contributed by atoms with Crippen LogP contribution in [0, 0.1) is 5.82 Å². The van der Waals surface area contributed by atoms with Crippen LogP contribution in [-0.4, -0.2) is 25.7 Å². The number of hydrogen-bond acceptors (Lipinski definition) is 3. The van der Waals surface area contributed by atoms with Crippen molar-refractivity contribution in [3.63, 3.8) is 0 Å². The quantitative estimate of drug-likeness (QED) is 0.851. The Hall–Kier alpha value is -0.980. The second kappa shape index (κ2) is 4.72. The second-order valence-electron chi connectivity index (χ2n) is 4.18. The van der Waals surface area contributed by atoms with Crippen molar-refractivity contribution in [2.75, 3.05) is 0 Å². The van der Waals surface area contributed by atoms with E-state index in [1.807, 2.05) is 0 Å². The molecule has 4 nitrogen and oxygen atoms in total. The van der Waals surface area contributed by atoms with Crippen LogP contribution in [0.5, 0.6) is 0 Å². The van der Waals surface area contributed by atoms with E-state index >= 15 is 0 Å². The molecule has 2 N–H and O–H groups in total. The molecule has 1 fully saturated rings. The van der Waals surface area contributed by atoms with Crippen LogP contribution in [0.15, 0.2) is 29.2 Å². The fourth-order valence-electron chi connectivity index (χ4n) is 1.96. The number of aliphatic hydroxyl groups excluding tert-OH is 1. The maximum absolute atomic E-state index is 12.7. The van der Waals surface area contributed by atoms with Crippen molar-refractivity contribution in [1.29, 1.82) is 0 Å². The summed E-state index contributed by atoms with van der Waals surface area (Å²) < 4.78 is 38.9. The lowest BCUT2D eigenvalue weighted by Crippen LogP contribution is -2.39. The van der Waals surface area contributed by atoms with Crippen molar-refractivity contribution >= 4 is 10.0 Å². The van der Waals surface area contributed by atoms with Gasteiger partial charge in [0.1, 0.15) is 5.82 Å². The Morgan fingerprint density at radius 2 is 1.88 bits per heavy atom. The molecule has 6 heteroatoms. The van der Waals surface area contributed by atoms with E-state index in [1.54, 1.807) is 0 Å². The zero-order valence-electron chi connectivity index (χ0n) is 9.14. The van der Waals surface area contributed by atoms with Gasteiger partial charge in [-0.3, -0.25) is 0 Å². The summed E-state index contributed by atoms with van der Waals surface area (Å²) in [7, 11) is -3.67. The average molecular weight is 259 g/mol. The first-order chi connectivity index (χ1) is 7.99. The Morgan fingerprint density at radius 3 is 2.41 bits per heavy atom. The van der Waals surface area contributed by atoms with E-state index in [0.29, 0.717) is 12.8 Å². The highest BCUT2D eigenvalue weighted by Crippen LogP contribution is 2.21. The van der Waals surface area contributed by atoms with E-state index in [1.165, 1.54) is 12.1 Å². The Bertz CT molecular complexity index is 486. The number of nitrogens with one attached hydrogen (secondary N) is 1. The third-order valence-corrected chi connectivity index (χ3v) is 4.42. The van der Waals surface area contributed by atoms with Crippen LogP contribution < -0.4 is 4.72 Å². The summed E-state index contributed by atoms with van der Waals surface area (Å²) >= 11 is 0. The molecule has 0 bridgehead atoms. The summed E-state index contributed by atoms with van der Waals surface area (Å²) in [6, 6.07) is 4.17. The van der Waals surface area contributed by atoms with Crippen LogP contribution in [0.4, 0.5) is 4.39 Å². The molecule has 1 aliphatic carbocycles. The molecule has 0 saturated heterocycles. The molecule has 0 heterocycles. The van der Waals surface area contributed by atoms with Gasteiger partial charge in [-0.15, -0.1) is 0 Å². The summed E-state index contributed by atoms with van der Waals surface area (Å²) in [5, 5.41) is 9.56. The highest BCUT2D eigenvalue weighted by Gasteiger charge is 2.29. The Labute approximate surface area is 99.5 Å². The lowest BCUT2D eigenvalue weighted by molar-refractivity contribution is 0.159. The second-order valence-corrected chi connectivity index (χ2v) is 5.89. The number of hydrogen-bond donors (Lipinski definition) is 2. The molecule has 0 spiro atoms. The van der Waals surface area contributed by atoms with Crippen molar-refractivity contribution in [2.24, 2.45) is 0 Å². The first-order valence-corrected chi connectivity index (χ1v) is 6.93. The fraction of sp³-hybridized carbons (Fsp3) is 0.455. The number of aliphatic hydroxyl groups is 1. The van der Waals surface area contributed by atoms with Gasteiger partial charge in [0.05, 0.1) is 11.0 Å². The van der Waals surface area contributed by atoms with Gasteiger partial charge in [0, 0.05) is 6.04 Å². The number of rotatable bonds is 3. The van der Waals surface area contributed by atoms with Gasteiger partial charge in [0.15, 0.2) is 0 Å². The summed E-state index contributed by atoms with van der Waals surface area (Å²) in [6.45, 7) is 0. The van der Waals surface area contributed by atoms with Crippen LogP contribution in [-0.2, 0) is 10.0 Å². The van der Waals surface area contributed by atoms with Crippen molar-refractivity contribution in [1.82, 2.24) is 4.72 Å². The molecule has 94 valence electrons. The zero-order chi connectivity index (χ0) is 12.5. The van der Waals surface area contributed by atoms with Gasteiger partial charge in [-0.25, -0.2) is 17.5 Å². The first-order valence-electron chi connectivity index (χ1n) is 5.45. The lowest BCUT2D eigenvalue weighted by Gasteiger charge is -2.16. The number of benzene rings is 1. The average Bonchev–Trinajstić information content (AvgIpc) is 2.64. The molecular formula is C11H14FNO3S. The summed E-state index contributed by atoms with van der Waals surface area (Å²) in [5.41, 5.74) is 0. The molecule has 17 heavy (non-hydrogen) atoms. The Balaban J connectivity index is 2.16. The molecule has 0 radical (unpaired) electrons. The monoisotopic (exact) mass is 259 g/mol. The maximum atomic E-state index is 12.7. The van der Waals surface area contributed by atoms with Crippen LogP contribution in [0.1, 0.15) is 19.3 Å². The molecule has 1 aromatic carbocycles. The molecule has 0 aliphatic heterocycles. The van der Waals surface area contributed by atoms with Gasteiger partial charge >= 0.3 is 0 Å². The van der Waals surface area contributed by atoms with Gasteiger partial charge < -0.3 is 5.11 Å². The number of halogens is 1. The molecule has 0 aromatic heterocycles. The van der Waals surface area contributed by atoms with Gasteiger partial charge in [0.25, 0.3) is 0 Å². The van der Waals surface area contributed by atoms with Crippen LogP contribution >= 0.6 is 0 Å². The van der Waals surface area contributed by atoms with E-state index in [2.05, 4.69) is 4.72 Å². The standard InChI is InChI=1S/C11H14FNO3S/c12-8-4-6-9(7-5-8)17(15,16)13-10-2-1-3-11(10)14/h4-7,10-11,13-14H,1-3H2/t10-,11-/m0/s1. The molecule has 2 atom stereocenters. The predicted octanol–water partition coefficient (Wildman–Crippen LogP) is 1.02. The van der Waals surface area contributed by atoms with Gasteiger partial charge in [-0.1, -0.05) is 0 Å². The molecule has 0 amide bonds. The van der Waals surface area contributed by atoms with Gasteiger partial charge in [0.2, 0.25) is 10.0 Å². The minimum atomic E-state index is -3.67. The van der Waals surface area contributed by atoms with E-state index in [4.69, 9.17) is 0 Å². The molecule has 1 aromatic rings. The molecule has 0 unspecified atom stereocenters. The van der Waals surface area contributed by atoms with Crippen molar-refractivity contribution in [3.8, 4) is 0 Å². The summed E-state index contributed by atoms with van der Waals surface area (Å²) in [6.07, 6.45) is 1.40. The largest absolute Gasteiger partial charge is 0.391 e. The fourth-order valence-corrected chi connectivity index (χ4v) is 3.26. The highest BCUT2D eigenvalue weighted by atomic mass is 32.2. The Morgan fingerprint density at radius 1 is 1.24 bits per heavy atom. The van der Waals surface area contributed by atoms with Gasteiger partial charge in [-0.05, 0) is 43.5 Å². The predicted molar refractivity (Wildman–Crippen MR) is 60.4 cm³/mol. The van der Waals surface area contributed by atoms with E-state index in [-0.39, 0.29) is 4.90 Å². The molecular weight excluding hydrogens is 245 g/mol. The summed E-state index contributed by atoms with van der Waals surface area (Å²) in [4.78, 5) is 0.0120. The molecule has 2 rings (SSSR count). The van der Waals surface area contributed by atoms with Crippen molar-refractivity contribution in [2.45, 2.75) is 36.3 Å². The smallest absolute Gasteiger partial charge is 0.240 e. The van der Waals surface area contributed by atoms with Gasteiger partial charge in [-0.2, -0.15) is 0 Å². The van der Waals surface area contributed by atoms with Crippen molar-refractivity contribution in [3.05, 3.63) is 30.1 Å². The van der Waals surface area contributed by atoms with E-state index in [0.717, 1.165) is 18.6 Å². The zero-order valence-corrected chi connectivity index (χ0v) is 9.95. The normalized spacial score (nSPS) is 25.1. The third-order valence-electron chi connectivity index (χ3n) is 2.91. The topological polar surface area (TPSA) is 66.4 Å². The summed E-state index contributed by atoms with van der Waals surface area (Å²) in [5.74, 6) is -0.482. The lowest BCUT2D eigenvalue weighted by atomic mass is 10.2. The minimum absolute atomic E-state index is 0.0120. The van der Waals surface area contributed by atoms with Crippen LogP contribution in [0.25, 0.3) is 0 Å². The van der Waals surface area contributed by atoms with E-state index in [9.17, 15) is 17.9 Å². The van der Waals surface area contributed by atoms with Crippen LogP contribution in [0.2, 0.25) is 0 Å². The molecule has 1 saturated carbocycles. The third kappa shape index (κ3) is 2.83. The maximum Gasteiger partial charge on any atom is 0.240 e. The van der Waals surface area contributed by atoms with Crippen molar-refractivity contribution < 1.29 is 17.9 Å². The SMILES string of the molecule is O=S(=O)(N[C@H]1CCC[C@@H]1O)c1ccc(F)cc1. The number of sulfonamides is 1.